The third-order valence-electron chi connectivity index (χ3n) is 1.73. The second-order valence-electron chi connectivity index (χ2n) is 2.52. The van der Waals surface area contributed by atoms with Gasteiger partial charge in [0.1, 0.15) is 0 Å². The van der Waals surface area contributed by atoms with Crippen LogP contribution in [0.4, 0.5) is 0 Å². The summed E-state index contributed by atoms with van der Waals surface area (Å²) in [6.07, 6.45) is 3.58. The number of nitrogens with two attached hydrogens (primary N) is 1. The van der Waals surface area contributed by atoms with Gasteiger partial charge in [-0.1, -0.05) is 6.07 Å². The fourth-order valence-corrected chi connectivity index (χ4v) is 1.82. The molecule has 3 nitrogen and oxygen atoms in total. The minimum atomic E-state index is -0.0382. The second kappa shape index (κ2) is 3.08. The van der Waals surface area contributed by atoms with Crippen molar-refractivity contribution in [3.05, 3.63) is 40.3 Å². The lowest BCUT2D eigenvalue weighted by atomic mass is 10.1. The molecule has 0 aliphatic heterocycles. The summed E-state index contributed by atoms with van der Waals surface area (Å²) < 4.78 is 0. The molecular formula is C8H9N3S. The summed E-state index contributed by atoms with van der Waals surface area (Å²) in [6, 6.07) is 3.99. The van der Waals surface area contributed by atoms with Crippen LogP contribution in [0.25, 0.3) is 0 Å². The van der Waals surface area contributed by atoms with Crippen LogP contribution in [0.3, 0.4) is 0 Å². The fraction of sp³-hybridized carbons (Fsp3) is 0.125. The minimum absolute atomic E-state index is 0.0382. The number of aromatic nitrogens is 2. The van der Waals surface area contributed by atoms with Gasteiger partial charge in [-0.15, -0.1) is 11.3 Å². The Morgan fingerprint density at radius 2 is 2.50 bits per heavy atom. The molecule has 0 saturated carbocycles. The maximum Gasteiger partial charge on any atom is 0.0676 e. The summed E-state index contributed by atoms with van der Waals surface area (Å²) in [5.74, 6) is 0. The van der Waals surface area contributed by atoms with E-state index in [0.717, 1.165) is 10.4 Å². The van der Waals surface area contributed by atoms with E-state index in [0.29, 0.717) is 0 Å². The molecule has 0 spiro atoms. The molecule has 4 heteroatoms. The Bertz CT molecular complexity index is 291. The average Bonchev–Trinajstić information content (AvgIpc) is 2.77. The number of hydrogen-bond donors (Lipinski definition) is 2. The van der Waals surface area contributed by atoms with Gasteiger partial charge in [0.25, 0.3) is 0 Å². The van der Waals surface area contributed by atoms with E-state index in [1.807, 2.05) is 23.7 Å². The molecule has 62 valence electrons. The van der Waals surface area contributed by atoms with Gasteiger partial charge in [-0.2, -0.15) is 5.10 Å². The van der Waals surface area contributed by atoms with Gasteiger partial charge in [-0.25, -0.2) is 0 Å². The molecule has 2 rings (SSSR count). The molecule has 0 aliphatic rings. The van der Waals surface area contributed by atoms with Crippen molar-refractivity contribution < 1.29 is 0 Å². The Hall–Kier alpha value is -1.13. The van der Waals surface area contributed by atoms with Gasteiger partial charge in [0, 0.05) is 16.6 Å². The molecule has 0 aliphatic carbocycles. The number of rotatable bonds is 2. The zero-order valence-electron chi connectivity index (χ0n) is 6.40. The van der Waals surface area contributed by atoms with Crippen LogP contribution in [0, 0.1) is 0 Å². The van der Waals surface area contributed by atoms with Crippen molar-refractivity contribution >= 4 is 11.3 Å². The van der Waals surface area contributed by atoms with E-state index >= 15 is 0 Å². The number of nitrogens with zero attached hydrogens (tertiary/aromatic N) is 1. The van der Waals surface area contributed by atoms with E-state index in [1.54, 1.807) is 17.5 Å². The SMILES string of the molecule is NC(c1cn[nH]c1)c1cccs1. The zero-order valence-corrected chi connectivity index (χ0v) is 7.21. The van der Waals surface area contributed by atoms with Gasteiger partial charge in [-0.05, 0) is 11.4 Å². The molecule has 2 aromatic heterocycles. The molecule has 0 radical (unpaired) electrons. The summed E-state index contributed by atoms with van der Waals surface area (Å²) in [5.41, 5.74) is 6.98. The maximum absolute atomic E-state index is 5.96. The molecular weight excluding hydrogens is 170 g/mol. The summed E-state index contributed by atoms with van der Waals surface area (Å²) >= 11 is 1.66. The van der Waals surface area contributed by atoms with Crippen molar-refractivity contribution in [2.75, 3.05) is 0 Å². The highest BCUT2D eigenvalue weighted by atomic mass is 32.1. The highest BCUT2D eigenvalue weighted by Crippen LogP contribution is 2.22. The predicted octanol–water partition coefficient (Wildman–Crippen LogP) is 1.52. The fourth-order valence-electron chi connectivity index (χ4n) is 1.06. The van der Waals surface area contributed by atoms with E-state index < -0.39 is 0 Å². The number of nitrogens with one attached hydrogen (secondary N) is 1. The van der Waals surface area contributed by atoms with E-state index in [9.17, 15) is 0 Å². The highest BCUT2D eigenvalue weighted by molar-refractivity contribution is 7.10. The first-order chi connectivity index (χ1) is 5.88. The second-order valence-corrected chi connectivity index (χ2v) is 3.50. The minimum Gasteiger partial charge on any atom is -0.320 e. The van der Waals surface area contributed by atoms with Gasteiger partial charge < -0.3 is 5.73 Å². The lowest BCUT2D eigenvalue weighted by Crippen LogP contribution is -2.08. The van der Waals surface area contributed by atoms with Crippen LogP contribution in [-0.4, -0.2) is 10.2 Å². The molecule has 0 fully saturated rings. The van der Waals surface area contributed by atoms with Crippen LogP contribution < -0.4 is 5.73 Å². The molecule has 2 aromatic rings. The smallest absolute Gasteiger partial charge is 0.0676 e. The van der Waals surface area contributed by atoms with Crippen LogP contribution >= 0.6 is 11.3 Å². The highest BCUT2D eigenvalue weighted by Gasteiger charge is 2.09. The Kier molecular flexibility index (Phi) is 1.93. The molecule has 2 heterocycles. The van der Waals surface area contributed by atoms with Crippen molar-refractivity contribution in [1.82, 2.24) is 10.2 Å². The van der Waals surface area contributed by atoms with Gasteiger partial charge in [0.2, 0.25) is 0 Å². The predicted molar refractivity (Wildman–Crippen MR) is 48.9 cm³/mol. The lowest BCUT2D eigenvalue weighted by molar-refractivity contribution is 0.895. The Morgan fingerprint density at radius 1 is 1.58 bits per heavy atom. The summed E-state index contributed by atoms with van der Waals surface area (Å²) in [4.78, 5) is 1.16. The van der Waals surface area contributed by atoms with E-state index in [4.69, 9.17) is 5.73 Å². The first kappa shape index (κ1) is 7.52. The molecule has 1 atom stereocenters. The maximum atomic E-state index is 5.96. The van der Waals surface area contributed by atoms with Crippen LogP contribution in [0.15, 0.2) is 29.9 Å². The first-order valence-electron chi connectivity index (χ1n) is 3.65. The van der Waals surface area contributed by atoms with Gasteiger partial charge >= 0.3 is 0 Å². The lowest BCUT2D eigenvalue weighted by Gasteiger charge is -2.04. The Balaban J connectivity index is 2.27. The van der Waals surface area contributed by atoms with Crippen LogP contribution in [0.5, 0.6) is 0 Å². The van der Waals surface area contributed by atoms with Crippen molar-refractivity contribution in [3.63, 3.8) is 0 Å². The van der Waals surface area contributed by atoms with Crippen molar-refractivity contribution in [1.29, 1.82) is 0 Å². The van der Waals surface area contributed by atoms with E-state index in [1.165, 1.54) is 0 Å². The van der Waals surface area contributed by atoms with Crippen LogP contribution in [0.1, 0.15) is 16.5 Å². The normalized spacial score (nSPS) is 13.1. The van der Waals surface area contributed by atoms with Crippen LogP contribution in [0.2, 0.25) is 0 Å². The van der Waals surface area contributed by atoms with Gasteiger partial charge in [0.15, 0.2) is 0 Å². The Labute approximate surface area is 74.2 Å². The van der Waals surface area contributed by atoms with E-state index in [2.05, 4.69) is 10.2 Å². The van der Waals surface area contributed by atoms with Crippen LogP contribution in [-0.2, 0) is 0 Å². The number of H-pyrrole nitrogens is 1. The third-order valence-corrected chi connectivity index (χ3v) is 2.68. The molecule has 3 N–H and O–H groups in total. The molecule has 12 heavy (non-hydrogen) atoms. The quantitative estimate of drug-likeness (QED) is 0.734. The van der Waals surface area contributed by atoms with Crippen molar-refractivity contribution in [2.45, 2.75) is 6.04 Å². The average molecular weight is 179 g/mol. The molecule has 0 bridgehead atoms. The zero-order chi connectivity index (χ0) is 8.39. The number of aromatic amines is 1. The monoisotopic (exact) mass is 179 g/mol. The molecule has 0 saturated heterocycles. The van der Waals surface area contributed by atoms with E-state index in [-0.39, 0.29) is 6.04 Å². The summed E-state index contributed by atoms with van der Waals surface area (Å²) in [6.45, 7) is 0. The standard InChI is InChI=1S/C8H9N3S/c9-8(6-4-10-11-5-6)7-2-1-3-12-7/h1-5,8H,9H2,(H,10,11). The van der Waals surface area contributed by atoms with Gasteiger partial charge in [0.05, 0.1) is 12.2 Å². The third kappa shape index (κ3) is 1.26. The largest absolute Gasteiger partial charge is 0.320 e. The summed E-state index contributed by atoms with van der Waals surface area (Å²) in [5, 5.41) is 8.62. The molecule has 0 amide bonds. The summed E-state index contributed by atoms with van der Waals surface area (Å²) in [7, 11) is 0. The molecule has 1 unspecified atom stereocenters. The number of hydrogen-bond acceptors (Lipinski definition) is 3. The Morgan fingerprint density at radius 3 is 3.08 bits per heavy atom. The number of thiophene rings is 1. The topological polar surface area (TPSA) is 54.7 Å². The first-order valence-corrected chi connectivity index (χ1v) is 4.53. The molecule has 0 aromatic carbocycles. The van der Waals surface area contributed by atoms with Crippen molar-refractivity contribution in [3.8, 4) is 0 Å². The van der Waals surface area contributed by atoms with Crippen molar-refractivity contribution in [2.24, 2.45) is 5.73 Å². The van der Waals surface area contributed by atoms with Gasteiger partial charge in [-0.3, -0.25) is 5.10 Å².